The summed E-state index contributed by atoms with van der Waals surface area (Å²) in [5.74, 6) is -0.540. The Labute approximate surface area is 182 Å². The molecule has 1 unspecified atom stereocenters. The predicted molar refractivity (Wildman–Crippen MR) is 119 cm³/mol. The van der Waals surface area contributed by atoms with Crippen molar-refractivity contribution in [2.75, 3.05) is 38.0 Å². The number of nitrogens with one attached hydrogen (secondary N) is 2. The highest BCUT2D eigenvalue weighted by atomic mass is 16.2. The van der Waals surface area contributed by atoms with E-state index in [4.69, 9.17) is 0 Å². The van der Waals surface area contributed by atoms with Crippen LogP contribution in [0.25, 0.3) is 0 Å². The van der Waals surface area contributed by atoms with Crippen LogP contribution in [0.2, 0.25) is 0 Å². The molecule has 0 aliphatic carbocycles. The normalized spacial score (nSPS) is 19.2. The van der Waals surface area contributed by atoms with E-state index >= 15 is 0 Å². The summed E-state index contributed by atoms with van der Waals surface area (Å²) in [6.45, 7) is 4.09. The first-order valence-corrected chi connectivity index (χ1v) is 10.8. The van der Waals surface area contributed by atoms with Crippen LogP contribution >= 0.6 is 0 Å². The van der Waals surface area contributed by atoms with Gasteiger partial charge in [0.15, 0.2) is 0 Å². The van der Waals surface area contributed by atoms with E-state index in [1.54, 1.807) is 24.3 Å². The van der Waals surface area contributed by atoms with E-state index in [2.05, 4.69) is 39.8 Å². The molecule has 162 valence electrons. The summed E-state index contributed by atoms with van der Waals surface area (Å²) < 4.78 is 0. The number of hydrogen-bond acceptors (Lipinski definition) is 4. The molecule has 0 radical (unpaired) electrons. The van der Waals surface area contributed by atoms with Crippen molar-refractivity contribution in [2.45, 2.75) is 25.3 Å². The van der Waals surface area contributed by atoms with Crippen molar-refractivity contribution >= 4 is 23.4 Å². The number of para-hydroxylation sites is 1. The first-order chi connectivity index (χ1) is 15.1. The summed E-state index contributed by atoms with van der Waals surface area (Å²) in [6.07, 6.45) is 1.53. The summed E-state index contributed by atoms with van der Waals surface area (Å²) >= 11 is 0. The Bertz CT molecular complexity index is 939. The van der Waals surface area contributed by atoms with E-state index in [-0.39, 0.29) is 24.1 Å². The van der Waals surface area contributed by atoms with Crippen molar-refractivity contribution in [1.29, 1.82) is 0 Å². The van der Waals surface area contributed by atoms with Gasteiger partial charge in [0, 0.05) is 39.1 Å². The maximum Gasteiger partial charge on any atom is 0.254 e. The Kier molecular flexibility index (Phi) is 6.62. The van der Waals surface area contributed by atoms with Crippen LogP contribution in [-0.4, -0.2) is 66.3 Å². The molecule has 1 atom stereocenters. The standard InChI is InChI=1S/C24H28N4O3/c29-22(28-16-14-27(15-17-28)13-12-18-6-2-1-3-7-18)11-10-21-24(31)25-20-9-5-4-8-19(20)23(30)26-21/h1-9,21H,10-17H2,(H,25,31)(H,26,30). The monoisotopic (exact) mass is 420 g/mol. The molecule has 0 saturated carbocycles. The highest BCUT2D eigenvalue weighted by Crippen LogP contribution is 2.19. The number of carbonyl (C=O) groups excluding carboxylic acids is 3. The molecule has 2 N–H and O–H groups in total. The number of amides is 3. The van der Waals surface area contributed by atoms with Gasteiger partial charge >= 0.3 is 0 Å². The third-order valence-corrected chi connectivity index (χ3v) is 5.98. The Balaban J connectivity index is 1.22. The van der Waals surface area contributed by atoms with Gasteiger partial charge in [0.1, 0.15) is 6.04 Å². The highest BCUT2D eigenvalue weighted by molar-refractivity contribution is 6.09. The van der Waals surface area contributed by atoms with Crippen LogP contribution in [0.4, 0.5) is 5.69 Å². The van der Waals surface area contributed by atoms with Crippen molar-refractivity contribution in [3.05, 3.63) is 65.7 Å². The number of hydrogen-bond donors (Lipinski definition) is 2. The van der Waals surface area contributed by atoms with Crippen LogP contribution in [0.5, 0.6) is 0 Å². The second-order valence-electron chi connectivity index (χ2n) is 8.06. The zero-order valence-corrected chi connectivity index (χ0v) is 17.5. The molecule has 3 amide bonds. The van der Waals surface area contributed by atoms with Gasteiger partial charge < -0.3 is 15.5 Å². The topological polar surface area (TPSA) is 81.8 Å². The summed E-state index contributed by atoms with van der Waals surface area (Å²) in [5, 5.41) is 5.54. The molecule has 2 heterocycles. The van der Waals surface area contributed by atoms with Gasteiger partial charge in [-0.25, -0.2) is 0 Å². The third-order valence-electron chi connectivity index (χ3n) is 5.98. The van der Waals surface area contributed by atoms with Gasteiger partial charge in [0.05, 0.1) is 11.3 Å². The zero-order valence-electron chi connectivity index (χ0n) is 17.5. The number of piperazine rings is 1. The van der Waals surface area contributed by atoms with Crippen molar-refractivity contribution < 1.29 is 14.4 Å². The van der Waals surface area contributed by atoms with Gasteiger partial charge in [-0.05, 0) is 30.5 Å². The average molecular weight is 421 g/mol. The predicted octanol–water partition coefficient (Wildman–Crippen LogP) is 1.90. The fourth-order valence-corrected chi connectivity index (χ4v) is 4.09. The molecule has 4 rings (SSSR count). The van der Waals surface area contributed by atoms with Crippen LogP contribution in [0, 0.1) is 0 Å². The lowest BCUT2D eigenvalue weighted by molar-refractivity contribution is -0.133. The third kappa shape index (κ3) is 5.30. The van der Waals surface area contributed by atoms with Gasteiger partial charge in [-0.1, -0.05) is 42.5 Å². The van der Waals surface area contributed by atoms with Crippen LogP contribution in [0.1, 0.15) is 28.8 Å². The number of benzene rings is 2. The second-order valence-corrected chi connectivity index (χ2v) is 8.06. The molecule has 0 aromatic heterocycles. The molecular weight excluding hydrogens is 392 g/mol. The minimum absolute atomic E-state index is 0.0338. The number of fused-ring (bicyclic) bond motifs is 1. The molecule has 7 nitrogen and oxygen atoms in total. The summed E-state index contributed by atoms with van der Waals surface area (Å²) in [5.41, 5.74) is 2.27. The quantitative estimate of drug-likeness (QED) is 0.748. The summed E-state index contributed by atoms with van der Waals surface area (Å²) in [4.78, 5) is 41.8. The molecule has 31 heavy (non-hydrogen) atoms. The molecule has 1 saturated heterocycles. The maximum absolute atomic E-state index is 12.7. The molecule has 2 aliphatic rings. The van der Waals surface area contributed by atoms with Gasteiger partial charge in [-0.2, -0.15) is 0 Å². The van der Waals surface area contributed by atoms with Crippen molar-refractivity contribution in [2.24, 2.45) is 0 Å². The molecule has 7 heteroatoms. The minimum Gasteiger partial charge on any atom is -0.340 e. The largest absolute Gasteiger partial charge is 0.340 e. The smallest absolute Gasteiger partial charge is 0.254 e. The van der Waals surface area contributed by atoms with Crippen LogP contribution in [0.15, 0.2) is 54.6 Å². The van der Waals surface area contributed by atoms with Crippen LogP contribution in [0.3, 0.4) is 0 Å². The Morgan fingerprint density at radius 3 is 2.42 bits per heavy atom. The van der Waals surface area contributed by atoms with Gasteiger partial charge in [-0.15, -0.1) is 0 Å². The molecule has 1 fully saturated rings. The van der Waals surface area contributed by atoms with E-state index in [0.717, 1.165) is 26.1 Å². The molecule has 2 aromatic carbocycles. The van der Waals surface area contributed by atoms with Crippen molar-refractivity contribution in [3.63, 3.8) is 0 Å². The number of nitrogens with zero attached hydrogens (tertiary/aromatic N) is 2. The van der Waals surface area contributed by atoms with Crippen molar-refractivity contribution in [3.8, 4) is 0 Å². The van der Waals surface area contributed by atoms with Crippen molar-refractivity contribution in [1.82, 2.24) is 15.1 Å². The molecule has 2 aromatic rings. The van der Waals surface area contributed by atoms with E-state index in [9.17, 15) is 14.4 Å². The first-order valence-electron chi connectivity index (χ1n) is 10.8. The molecule has 2 aliphatic heterocycles. The van der Waals surface area contributed by atoms with Gasteiger partial charge in [0.25, 0.3) is 5.91 Å². The molecular formula is C24H28N4O3. The Hall–Kier alpha value is -3.19. The van der Waals surface area contributed by atoms with Crippen LogP contribution in [-0.2, 0) is 16.0 Å². The highest BCUT2D eigenvalue weighted by Gasteiger charge is 2.29. The summed E-state index contributed by atoms with van der Waals surface area (Å²) in [6, 6.07) is 16.6. The van der Waals surface area contributed by atoms with Gasteiger partial charge in [0.2, 0.25) is 11.8 Å². The fraction of sp³-hybridized carbons (Fsp3) is 0.375. The lowest BCUT2D eigenvalue weighted by Gasteiger charge is -2.35. The first kappa shape index (κ1) is 21.1. The maximum atomic E-state index is 12.7. The molecule has 0 spiro atoms. The number of rotatable bonds is 6. The van der Waals surface area contributed by atoms with Crippen LogP contribution < -0.4 is 10.6 Å². The lowest BCUT2D eigenvalue weighted by atomic mass is 10.1. The lowest BCUT2D eigenvalue weighted by Crippen LogP contribution is -2.49. The molecule has 0 bridgehead atoms. The van der Waals surface area contributed by atoms with E-state index in [0.29, 0.717) is 30.8 Å². The Morgan fingerprint density at radius 1 is 0.935 bits per heavy atom. The van der Waals surface area contributed by atoms with E-state index < -0.39 is 6.04 Å². The summed E-state index contributed by atoms with van der Waals surface area (Å²) in [7, 11) is 0. The zero-order chi connectivity index (χ0) is 21.6. The van der Waals surface area contributed by atoms with Gasteiger partial charge in [-0.3, -0.25) is 19.3 Å². The Morgan fingerprint density at radius 2 is 1.65 bits per heavy atom. The number of anilines is 1. The minimum atomic E-state index is -0.712. The average Bonchev–Trinajstić information content (AvgIpc) is 2.93. The fourth-order valence-electron chi connectivity index (χ4n) is 4.09. The number of carbonyl (C=O) groups is 3. The van der Waals surface area contributed by atoms with E-state index in [1.165, 1.54) is 5.56 Å². The van der Waals surface area contributed by atoms with E-state index in [1.807, 2.05) is 11.0 Å². The second kappa shape index (κ2) is 9.75. The SMILES string of the molecule is O=C1NC(CCC(=O)N2CCN(CCc3ccccc3)CC2)C(=O)Nc2ccccc21.